The number of aliphatic hydroxyl groups excluding tert-OH is 1. The van der Waals surface area contributed by atoms with Gasteiger partial charge in [0, 0.05) is 18.0 Å². The number of esters is 1. The van der Waals surface area contributed by atoms with Gasteiger partial charge in [0.15, 0.2) is 0 Å². The highest BCUT2D eigenvalue weighted by molar-refractivity contribution is 5.93. The summed E-state index contributed by atoms with van der Waals surface area (Å²) in [6, 6.07) is 6.21. The van der Waals surface area contributed by atoms with E-state index < -0.39 is 35.7 Å². The van der Waals surface area contributed by atoms with Crippen molar-refractivity contribution in [2.24, 2.45) is 5.92 Å². The van der Waals surface area contributed by atoms with Crippen LogP contribution < -0.4 is 5.32 Å². The Balaban J connectivity index is 2.34. The van der Waals surface area contributed by atoms with Crippen molar-refractivity contribution in [2.75, 3.05) is 7.11 Å². The molecule has 31 heavy (non-hydrogen) atoms. The molecule has 2 N–H and O–H groups in total. The number of methoxy groups -OCH3 is 1. The van der Waals surface area contributed by atoms with Crippen LogP contribution in [-0.4, -0.2) is 52.5 Å². The lowest BCUT2D eigenvalue weighted by molar-refractivity contribution is -0.146. The normalized spacial score (nSPS) is 13.7. The summed E-state index contributed by atoms with van der Waals surface area (Å²) in [5, 5.41) is 13.4. The van der Waals surface area contributed by atoms with E-state index in [-0.39, 0.29) is 18.8 Å². The molecule has 1 heterocycles. The lowest BCUT2D eigenvalue weighted by Crippen LogP contribution is -2.47. The van der Waals surface area contributed by atoms with Crippen molar-refractivity contribution in [3.05, 3.63) is 36.0 Å². The Morgan fingerprint density at radius 3 is 2.39 bits per heavy atom. The molecule has 0 unspecified atom stereocenters. The second kappa shape index (κ2) is 9.96. The van der Waals surface area contributed by atoms with Crippen molar-refractivity contribution in [3.8, 4) is 0 Å². The third-order valence-corrected chi connectivity index (χ3v) is 4.61. The summed E-state index contributed by atoms with van der Waals surface area (Å²) in [6.45, 7) is 9.12. The number of para-hydroxylation sites is 1. The van der Waals surface area contributed by atoms with Crippen LogP contribution in [0.1, 0.15) is 46.6 Å². The molecule has 8 heteroatoms. The molecule has 1 aromatic carbocycles. The number of aliphatic hydroxyl groups is 1. The van der Waals surface area contributed by atoms with Crippen LogP contribution in [0, 0.1) is 5.92 Å². The van der Waals surface area contributed by atoms with E-state index in [1.165, 1.54) is 11.7 Å². The van der Waals surface area contributed by atoms with Crippen LogP contribution in [0.15, 0.2) is 30.5 Å². The molecule has 0 saturated heterocycles. The number of nitrogens with one attached hydrogen (secondary N) is 1. The molecule has 2 aromatic rings. The standard InChI is InChI=1S/C23H32N2O6/c1-14(2)11-19(26)20(27)24-17(21(28)30-6)12-15-13-25(22(29)31-23(3,4)5)18-10-8-7-9-16(15)18/h7-10,13-14,17,19,26H,11-12H2,1-6H3,(H,24,27)/t17-,19+/m0/s1. The largest absolute Gasteiger partial charge is 0.467 e. The van der Waals surface area contributed by atoms with Gasteiger partial charge in [-0.05, 0) is 44.7 Å². The van der Waals surface area contributed by atoms with Crippen molar-refractivity contribution in [1.82, 2.24) is 9.88 Å². The molecule has 2 rings (SSSR count). The third kappa shape index (κ3) is 6.55. The maximum atomic E-state index is 12.7. The maximum Gasteiger partial charge on any atom is 0.419 e. The van der Waals surface area contributed by atoms with Crippen LogP contribution in [0.3, 0.4) is 0 Å². The molecule has 0 saturated carbocycles. The molecule has 0 spiro atoms. The molecule has 0 aliphatic rings. The molecule has 0 aliphatic heterocycles. The minimum Gasteiger partial charge on any atom is -0.467 e. The van der Waals surface area contributed by atoms with Gasteiger partial charge < -0.3 is 19.9 Å². The minimum absolute atomic E-state index is 0.0864. The van der Waals surface area contributed by atoms with Crippen LogP contribution >= 0.6 is 0 Å². The van der Waals surface area contributed by atoms with Gasteiger partial charge in [0.2, 0.25) is 5.91 Å². The van der Waals surface area contributed by atoms with Crippen molar-refractivity contribution < 1.29 is 29.0 Å². The first kappa shape index (κ1) is 24.4. The van der Waals surface area contributed by atoms with Gasteiger partial charge in [0.1, 0.15) is 17.7 Å². The van der Waals surface area contributed by atoms with E-state index in [1.807, 2.05) is 26.0 Å². The zero-order chi connectivity index (χ0) is 23.3. The van der Waals surface area contributed by atoms with Gasteiger partial charge in [0.05, 0.1) is 12.6 Å². The number of amides is 1. The SMILES string of the molecule is COC(=O)[C@H](Cc1cn(C(=O)OC(C)(C)C)c2ccccc12)NC(=O)[C@H](O)CC(C)C. The average Bonchev–Trinajstić information content (AvgIpc) is 3.03. The van der Waals surface area contributed by atoms with Crippen molar-refractivity contribution in [1.29, 1.82) is 0 Å². The Bertz CT molecular complexity index is 941. The summed E-state index contributed by atoms with van der Waals surface area (Å²) in [5.41, 5.74) is 0.620. The second-order valence-electron chi connectivity index (χ2n) is 8.96. The average molecular weight is 433 g/mol. The minimum atomic E-state index is -1.23. The highest BCUT2D eigenvalue weighted by Crippen LogP contribution is 2.24. The Labute approximate surface area is 182 Å². The fraction of sp³-hybridized carbons (Fsp3) is 0.522. The summed E-state index contributed by atoms with van der Waals surface area (Å²) >= 11 is 0. The highest BCUT2D eigenvalue weighted by atomic mass is 16.6. The number of nitrogens with zero attached hydrogens (tertiary/aromatic N) is 1. The summed E-state index contributed by atoms with van der Waals surface area (Å²) in [5.74, 6) is -1.16. The van der Waals surface area contributed by atoms with Gasteiger partial charge in [0.25, 0.3) is 0 Å². The molecule has 170 valence electrons. The zero-order valence-electron chi connectivity index (χ0n) is 19.0. The van der Waals surface area contributed by atoms with E-state index in [1.54, 1.807) is 39.1 Å². The van der Waals surface area contributed by atoms with Crippen LogP contribution in [0.4, 0.5) is 4.79 Å². The topological polar surface area (TPSA) is 107 Å². The number of benzene rings is 1. The quantitative estimate of drug-likeness (QED) is 0.652. The Morgan fingerprint density at radius 2 is 1.81 bits per heavy atom. The van der Waals surface area contributed by atoms with Crippen molar-refractivity contribution >= 4 is 28.9 Å². The number of carbonyl (C=O) groups is 3. The van der Waals surface area contributed by atoms with Gasteiger partial charge >= 0.3 is 12.1 Å². The Morgan fingerprint density at radius 1 is 1.16 bits per heavy atom. The summed E-state index contributed by atoms with van der Waals surface area (Å²) in [7, 11) is 1.23. The van der Waals surface area contributed by atoms with Crippen molar-refractivity contribution in [2.45, 2.75) is 65.2 Å². The van der Waals surface area contributed by atoms with E-state index in [0.29, 0.717) is 11.1 Å². The molecular weight excluding hydrogens is 400 g/mol. The van der Waals surface area contributed by atoms with E-state index in [4.69, 9.17) is 9.47 Å². The summed E-state index contributed by atoms with van der Waals surface area (Å²) in [6.07, 6.45) is 0.197. The first-order valence-electron chi connectivity index (χ1n) is 10.3. The maximum absolute atomic E-state index is 12.7. The molecule has 0 fully saturated rings. The number of aromatic nitrogens is 1. The number of fused-ring (bicyclic) bond motifs is 1. The molecule has 0 radical (unpaired) electrons. The Hall–Kier alpha value is -2.87. The number of hydrogen-bond donors (Lipinski definition) is 2. The number of rotatable bonds is 7. The van der Waals surface area contributed by atoms with Crippen LogP contribution in [0.5, 0.6) is 0 Å². The monoisotopic (exact) mass is 432 g/mol. The molecule has 1 aromatic heterocycles. The van der Waals surface area contributed by atoms with E-state index in [9.17, 15) is 19.5 Å². The highest BCUT2D eigenvalue weighted by Gasteiger charge is 2.28. The van der Waals surface area contributed by atoms with E-state index in [0.717, 1.165) is 5.39 Å². The van der Waals surface area contributed by atoms with Gasteiger partial charge in [-0.2, -0.15) is 0 Å². The first-order valence-corrected chi connectivity index (χ1v) is 10.3. The third-order valence-electron chi connectivity index (χ3n) is 4.61. The van der Waals surface area contributed by atoms with Gasteiger partial charge in [-0.1, -0.05) is 32.0 Å². The smallest absolute Gasteiger partial charge is 0.419 e. The first-order chi connectivity index (χ1) is 14.4. The Kier molecular flexibility index (Phi) is 7.84. The molecule has 1 amide bonds. The number of hydrogen-bond acceptors (Lipinski definition) is 6. The van der Waals surface area contributed by atoms with Crippen LogP contribution in [0.2, 0.25) is 0 Å². The zero-order valence-corrected chi connectivity index (χ0v) is 19.0. The summed E-state index contributed by atoms with van der Waals surface area (Å²) in [4.78, 5) is 37.4. The molecule has 0 aliphatic carbocycles. The van der Waals surface area contributed by atoms with Gasteiger partial charge in [-0.3, -0.25) is 9.36 Å². The molecular formula is C23H32N2O6. The van der Waals surface area contributed by atoms with E-state index in [2.05, 4.69) is 5.32 Å². The number of carbonyl (C=O) groups excluding carboxylic acids is 3. The predicted molar refractivity (Wildman–Crippen MR) is 117 cm³/mol. The van der Waals surface area contributed by atoms with E-state index >= 15 is 0 Å². The molecule has 2 atom stereocenters. The number of ether oxygens (including phenoxy) is 2. The van der Waals surface area contributed by atoms with Gasteiger partial charge in [-0.25, -0.2) is 9.59 Å². The lowest BCUT2D eigenvalue weighted by atomic mass is 10.0. The van der Waals surface area contributed by atoms with Crippen LogP contribution in [0.25, 0.3) is 10.9 Å². The predicted octanol–water partition coefficient (Wildman–Crippen LogP) is 3.03. The molecule has 0 bridgehead atoms. The lowest BCUT2D eigenvalue weighted by Gasteiger charge is -2.20. The van der Waals surface area contributed by atoms with Crippen molar-refractivity contribution in [3.63, 3.8) is 0 Å². The summed E-state index contributed by atoms with van der Waals surface area (Å²) < 4.78 is 11.7. The fourth-order valence-corrected chi connectivity index (χ4v) is 3.25. The second-order valence-corrected chi connectivity index (χ2v) is 8.96. The fourth-order valence-electron chi connectivity index (χ4n) is 3.25. The van der Waals surface area contributed by atoms with Crippen LogP contribution in [-0.2, 0) is 25.5 Å². The van der Waals surface area contributed by atoms with Gasteiger partial charge in [-0.15, -0.1) is 0 Å². The molecule has 8 nitrogen and oxygen atoms in total.